The van der Waals surface area contributed by atoms with Crippen LogP contribution in [0.3, 0.4) is 0 Å². The fourth-order valence-corrected chi connectivity index (χ4v) is 4.32. The van der Waals surface area contributed by atoms with Crippen LogP contribution in [0.4, 0.5) is 0 Å². The van der Waals surface area contributed by atoms with Crippen LogP contribution in [-0.4, -0.2) is 46.1 Å². The summed E-state index contributed by atoms with van der Waals surface area (Å²) in [4.78, 5) is 14.8. The molecule has 0 aliphatic carbocycles. The summed E-state index contributed by atoms with van der Waals surface area (Å²) >= 11 is 0. The third-order valence-corrected chi connectivity index (χ3v) is 5.87. The van der Waals surface area contributed by atoms with Crippen LogP contribution in [-0.2, 0) is 6.54 Å². The van der Waals surface area contributed by atoms with Crippen LogP contribution in [0.25, 0.3) is 17.0 Å². The van der Waals surface area contributed by atoms with Gasteiger partial charge in [0.15, 0.2) is 5.78 Å². The summed E-state index contributed by atoms with van der Waals surface area (Å²) in [5, 5.41) is 11.8. The first-order chi connectivity index (χ1) is 14.7. The number of ketones is 1. The van der Waals surface area contributed by atoms with E-state index in [1.807, 2.05) is 54.7 Å². The van der Waals surface area contributed by atoms with E-state index in [-0.39, 0.29) is 5.78 Å². The molecule has 2 aromatic carbocycles. The molecule has 1 fully saturated rings. The minimum atomic E-state index is -0.415. The first kappa shape index (κ1) is 20.6. The number of benzene rings is 2. The minimum Gasteiger partial charge on any atom is -0.390 e. The Hall–Kier alpha value is -2.69. The topological polar surface area (TPSA) is 45.5 Å². The highest BCUT2D eigenvalue weighted by atomic mass is 16.3. The van der Waals surface area contributed by atoms with E-state index in [1.54, 1.807) is 6.08 Å². The summed E-state index contributed by atoms with van der Waals surface area (Å²) in [7, 11) is 0. The number of para-hydroxylation sites is 1. The average Bonchev–Trinajstić information content (AvgIpc) is 2.92. The van der Waals surface area contributed by atoms with Crippen molar-refractivity contribution in [1.29, 1.82) is 0 Å². The van der Waals surface area contributed by atoms with Gasteiger partial charge in [-0.1, -0.05) is 61.4 Å². The first-order valence-electron chi connectivity index (χ1n) is 11.0. The molecular weight excluding hydrogens is 372 g/mol. The number of fused-ring (bicyclic) bond motifs is 1. The largest absolute Gasteiger partial charge is 0.390 e. The van der Waals surface area contributed by atoms with Crippen molar-refractivity contribution in [2.45, 2.75) is 38.3 Å². The van der Waals surface area contributed by atoms with E-state index < -0.39 is 6.10 Å². The van der Waals surface area contributed by atoms with Crippen molar-refractivity contribution in [2.75, 3.05) is 19.6 Å². The maximum atomic E-state index is 12.4. The van der Waals surface area contributed by atoms with Crippen molar-refractivity contribution in [3.8, 4) is 0 Å². The van der Waals surface area contributed by atoms with Gasteiger partial charge >= 0.3 is 0 Å². The van der Waals surface area contributed by atoms with Crippen molar-refractivity contribution in [3.05, 3.63) is 78.0 Å². The maximum Gasteiger partial charge on any atom is 0.185 e. The standard InChI is InChI=1S/C26H30N2O2/c29-23(19-27-16-8-1-2-9-17-27)20-28-18-22(24-12-6-7-13-25(24)28)14-15-26(30)21-10-4-3-5-11-21/h3-7,10-15,18,23,29H,1-2,8-9,16-17,19-20H2/b15-14+/t23-/m1/s1. The molecule has 0 radical (unpaired) electrons. The summed E-state index contributed by atoms with van der Waals surface area (Å²) in [6.07, 6.45) is 10.2. The molecular formula is C26H30N2O2. The third kappa shape index (κ3) is 5.07. The second-order valence-corrected chi connectivity index (χ2v) is 8.19. The van der Waals surface area contributed by atoms with Crippen molar-refractivity contribution in [1.82, 2.24) is 9.47 Å². The number of rotatable bonds is 7. The van der Waals surface area contributed by atoms with E-state index in [0.29, 0.717) is 18.7 Å². The highest BCUT2D eigenvalue weighted by Crippen LogP contribution is 2.23. The van der Waals surface area contributed by atoms with Gasteiger partial charge in [0.1, 0.15) is 0 Å². The summed E-state index contributed by atoms with van der Waals surface area (Å²) in [5.41, 5.74) is 2.77. The van der Waals surface area contributed by atoms with Crippen LogP contribution >= 0.6 is 0 Å². The number of nitrogens with zero attached hydrogens (tertiary/aromatic N) is 2. The second kappa shape index (κ2) is 9.88. The number of likely N-dealkylation sites (tertiary alicyclic amines) is 1. The Morgan fingerprint density at radius 1 is 0.933 bits per heavy atom. The number of carbonyl (C=O) groups is 1. The lowest BCUT2D eigenvalue weighted by Gasteiger charge is -2.23. The molecule has 1 saturated heterocycles. The van der Waals surface area contributed by atoms with Crippen LogP contribution in [0, 0.1) is 0 Å². The van der Waals surface area contributed by atoms with Crippen molar-refractivity contribution in [3.63, 3.8) is 0 Å². The molecule has 0 saturated carbocycles. The number of aliphatic hydroxyl groups is 1. The van der Waals surface area contributed by atoms with E-state index in [4.69, 9.17) is 0 Å². The maximum absolute atomic E-state index is 12.4. The molecule has 30 heavy (non-hydrogen) atoms. The highest BCUT2D eigenvalue weighted by Gasteiger charge is 2.16. The average molecular weight is 403 g/mol. The molecule has 0 bridgehead atoms. The molecule has 0 amide bonds. The normalized spacial score (nSPS) is 16.7. The molecule has 1 atom stereocenters. The quantitative estimate of drug-likeness (QED) is 0.457. The lowest BCUT2D eigenvalue weighted by molar-refractivity contribution is 0.101. The number of aromatic nitrogens is 1. The summed E-state index contributed by atoms with van der Waals surface area (Å²) in [6.45, 7) is 3.43. The Labute approximate surface area is 178 Å². The number of aliphatic hydroxyl groups excluding tert-OH is 1. The van der Waals surface area contributed by atoms with Gasteiger partial charge in [-0.15, -0.1) is 0 Å². The van der Waals surface area contributed by atoms with Gasteiger partial charge in [0.25, 0.3) is 0 Å². The van der Waals surface area contributed by atoms with E-state index >= 15 is 0 Å². The van der Waals surface area contributed by atoms with Gasteiger partial charge in [0, 0.05) is 41.3 Å². The molecule has 2 heterocycles. The number of hydrogen-bond acceptors (Lipinski definition) is 3. The Morgan fingerprint density at radius 3 is 2.40 bits per heavy atom. The van der Waals surface area contributed by atoms with Gasteiger partial charge in [-0.25, -0.2) is 0 Å². The molecule has 1 aliphatic heterocycles. The first-order valence-corrected chi connectivity index (χ1v) is 11.0. The number of allylic oxidation sites excluding steroid dienone is 1. The molecule has 0 spiro atoms. The molecule has 0 unspecified atom stereocenters. The van der Waals surface area contributed by atoms with Crippen LogP contribution < -0.4 is 0 Å². The number of carbonyl (C=O) groups excluding carboxylic acids is 1. The van der Waals surface area contributed by atoms with E-state index in [9.17, 15) is 9.90 Å². The molecule has 1 aliphatic rings. The van der Waals surface area contributed by atoms with Gasteiger partial charge in [0.2, 0.25) is 0 Å². The highest BCUT2D eigenvalue weighted by molar-refractivity contribution is 6.07. The van der Waals surface area contributed by atoms with E-state index in [1.165, 1.54) is 25.7 Å². The lowest BCUT2D eigenvalue weighted by atomic mass is 10.1. The van der Waals surface area contributed by atoms with Crippen LogP contribution in [0.15, 0.2) is 66.9 Å². The van der Waals surface area contributed by atoms with Gasteiger partial charge in [-0.3, -0.25) is 4.79 Å². The SMILES string of the molecule is O=C(/C=C/c1cn(C[C@H](O)CN2CCCCCC2)c2ccccc12)c1ccccc1. The summed E-state index contributed by atoms with van der Waals surface area (Å²) in [5.74, 6) is -0.00590. The van der Waals surface area contributed by atoms with E-state index in [2.05, 4.69) is 21.6 Å². The molecule has 4 rings (SSSR count). The minimum absolute atomic E-state index is 0.00590. The predicted octanol–water partition coefficient (Wildman–Crippen LogP) is 4.77. The number of β-amino-alcohol motifs (C(OH)–C–C–N with tert-alkyl or cyclic N) is 1. The zero-order valence-electron chi connectivity index (χ0n) is 17.4. The van der Waals surface area contributed by atoms with Gasteiger partial charge in [-0.2, -0.15) is 0 Å². The molecule has 1 N–H and O–H groups in total. The van der Waals surface area contributed by atoms with Gasteiger partial charge in [-0.05, 0) is 44.1 Å². The zero-order chi connectivity index (χ0) is 20.8. The van der Waals surface area contributed by atoms with Crippen LogP contribution in [0.2, 0.25) is 0 Å². The van der Waals surface area contributed by atoms with Crippen molar-refractivity contribution in [2.24, 2.45) is 0 Å². The molecule has 3 aromatic rings. The fourth-order valence-electron chi connectivity index (χ4n) is 4.32. The predicted molar refractivity (Wildman–Crippen MR) is 123 cm³/mol. The Kier molecular flexibility index (Phi) is 6.77. The number of hydrogen-bond donors (Lipinski definition) is 1. The monoisotopic (exact) mass is 402 g/mol. The second-order valence-electron chi connectivity index (χ2n) is 8.19. The molecule has 4 nitrogen and oxygen atoms in total. The molecule has 1 aromatic heterocycles. The zero-order valence-corrected chi connectivity index (χ0v) is 17.4. The van der Waals surface area contributed by atoms with Gasteiger partial charge < -0.3 is 14.6 Å². The summed E-state index contributed by atoms with van der Waals surface area (Å²) < 4.78 is 2.12. The Morgan fingerprint density at radius 2 is 1.63 bits per heavy atom. The Balaban J connectivity index is 1.50. The van der Waals surface area contributed by atoms with Crippen molar-refractivity contribution >= 4 is 22.8 Å². The smallest absolute Gasteiger partial charge is 0.185 e. The van der Waals surface area contributed by atoms with E-state index in [0.717, 1.165) is 29.6 Å². The van der Waals surface area contributed by atoms with Gasteiger partial charge in [0.05, 0.1) is 6.10 Å². The molecule has 4 heteroatoms. The summed E-state index contributed by atoms with van der Waals surface area (Å²) in [6, 6.07) is 17.5. The van der Waals surface area contributed by atoms with Crippen molar-refractivity contribution < 1.29 is 9.90 Å². The fraction of sp³-hybridized carbons (Fsp3) is 0.346. The lowest BCUT2D eigenvalue weighted by Crippen LogP contribution is -2.35. The van der Waals surface area contributed by atoms with Crippen LogP contribution in [0.5, 0.6) is 0 Å². The van der Waals surface area contributed by atoms with Crippen LogP contribution in [0.1, 0.15) is 41.6 Å². The third-order valence-electron chi connectivity index (χ3n) is 5.87. The Bertz CT molecular complexity index is 998. The molecule has 156 valence electrons.